The van der Waals surface area contributed by atoms with Crippen LogP contribution in [-0.4, -0.2) is 37.6 Å². The van der Waals surface area contributed by atoms with E-state index in [1.807, 2.05) is 0 Å². The molecule has 0 bridgehead atoms. The standard InChI is InChI=1S/C16H34N2/c1-15(2,3)13-8-10-18(11-9-13)12-14(17-7)16(4,5)6/h13-14,17H,8-12H2,1-7H3. The highest BCUT2D eigenvalue weighted by Crippen LogP contribution is 2.34. The van der Waals surface area contributed by atoms with Crippen LogP contribution < -0.4 is 5.32 Å². The Bertz CT molecular complexity index is 239. The molecule has 1 fully saturated rings. The van der Waals surface area contributed by atoms with E-state index in [1.165, 1.54) is 32.5 Å². The lowest BCUT2D eigenvalue weighted by Gasteiger charge is -2.41. The second-order valence-corrected chi connectivity index (χ2v) is 8.15. The highest BCUT2D eigenvalue weighted by molar-refractivity contribution is 4.86. The van der Waals surface area contributed by atoms with Crippen LogP contribution in [0.3, 0.4) is 0 Å². The molecule has 0 saturated carbocycles. The van der Waals surface area contributed by atoms with Gasteiger partial charge < -0.3 is 10.2 Å². The Kier molecular flexibility index (Phi) is 5.25. The van der Waals surface area contributed by atoms with Gasteiger partial charge in [0.15, 0.2) is 0 Å². The van der Waals surface area contributed by atoms with Gasteiger partial charge in [-0.25, -0.2) is 0 Å². The van der Waals surface area contributed by atoms with Crippen molar-refractivity contribution in [1.82, 2.24) is 10.2 Å². The fourth-order valence-corrected chi connectivity index (χ4v) is 3.04. The van der Waals surface area contributed by atoms with Crippen molar-refractivity contribution in [3.8, 4) is 0 Å². The predicted molar refractivity (Wildman–Crippen MR) is 80.9 cm³/mol. The molecule has 1 rings (SSSR count). The lowest BCUT2D eigenvalue weighted by atomic mass is 9.75. The largest absolute Gasteiger partial charge is 0.315 e. The zero-order chi connectivity index (χ0) is 14.0. The first-order valence-electron chi connectivity index (χ1n) is 7.54. The normalized spacial score (nSPS) is 22.2. The van der Waals surface area contributed by atoms with E-state index >= 15 is 0 Å². The lowest BCUT2D eigenvalue weighted by Crippen LogP contribution is -2.49. The first-order valence-corrected chi connectivity index (χ1v) is 7.54. The Hall–Kier alpha value is -0.0800. The molecule has 0 radical (unpaired) electrons. The molecule has 0 aromatic heterocycles. The number of likely N-dealkylation sites (N-methyl/N-ethyl adjacent to an activating group) is 1. The summed E-state index contributed by atoms with van der Waals surface area (Å²) in [7, 11) is 2.10. The van der Waals surface area contributed by atoms with Crippen molar-refractivity contribution in [3.63, 3.8) is 0 Å². The molecule has 1 heterocycles. The fourth-order valence-electron chi connectivity index (χ4n) is 3.04. The Balaban J connectivity index is 2.44. The molecule has 1 unspecified atom stereocenters. The summed E-state index contributed by atoms with van der Waals surface area (Å²) in [6, 6.07) is 0.587. The van der Waals surface area contributed by atoms with Crippen LogP contribution in [0, 0.1) is 16.7 Å². The van der Waals surface area contributed by atoms with Crippen LogP contribution in [0.5, 0.6) is 0 Å². The zero-order valence-corrected chi connectivity index (χ0v) is 13.6. The Labute approximate surface area is 115 Å². The lowest BCUT2D eigenvalue weighted by molar-refractivity contribution is 0.0914. The van der Waals surface area contributed by atoms with Gasteiger partial charge in [-0.1, -0.05) is 41.5 Å². The monoisotopic (exact) mass is 254 g/mol. The third-order valence-corrected chi connectivity index (χ3v) is 4.65. The summed E-state index contributed by atoms with van der Waals surface area (Å²) in [6.45, 7) is 17.9. The van der Waals surface area contributed by atoms with E-state index < -0.39 is 0 Å². The van der Waals surface area contributed by atoms with Crippen molar-refractivity contribution in [1.29, 1.82) is 0 Å². The average molecular weight is 254 g/mol. The molecule has 2 heteroatoms. The van der Waals surface area contributed by atoms with Gasteiger partial charge in [0.2, 0.25) is 0 Å². The van der Waals surface area contributed by atoms with Crippen molar-refractivity contribution < 1.29 is 0 Å². The summed E-state index contributed by atoms with van der Waals surface area (Å²) in [4.78, 5) is 2.65. The van der Waals surface area contributed by atoms with E-state index in [4.69, 9.17) is 0 Å². The van der Waals surface area contributed by atoms with Gasteiger partial charge in [-0.2, -0.15) is 0 Å². The molecule has 0 aromatic rings. The van der Waals surface area contributed by atoms with Gasteiger partial charge in [0, 0.05) is 12.6 Å². The molecule has 0 spiro atoms. The number of nitrogens with one attached hydrogen (secondary N) is 1. The highest BCUT2D eigenvalue weighted by Gasteiger charge is 2.31. The van der Waals surface area contributed by atoms with Crippen LogP contribution in [0.25, 0.3) is 0 Å². The van der Waals surface area contributed by atoms with Crippen LogP contribution in [0.2, 0.25) is 0 Å². The molecule has 1 aliphatic heterocycles. The molecule has 0 aliphatic carbocycles. The molecule has 1 N–H and O–H groups in total. The Morgan fingerprint density at radius 3 is 1.89 bits per heavy atom. The van der Waals surface area contributed by atoms with E-state index in [1.54, 1.807) is 0 Å². The molecule has 0 aromatic carbocycles. The molecule has 0 amide bonds. The van der Waals surface area contributed by atoms with Crippen molar-refractivity contribution >= 4 is 0 Å². The highest BCUT2D eigenvalue weighted by atomic mass is 15.2. The Morgan fingerprint density at radius 1 is 1.06 bits per heavy atom. The summed E-state index contributed by atoms with van der Waals surface area (Å²) < 4.78 is 0. The predicted octanol–water partition coefficient (Wildman–Crippen LogP) is 3.38. The Morgan fingerprint density at radius 2 is 1.56 bits per heavy atom. The SMILES string of the molecule is CNC(CN1CCC(C(C)(C)C)CC1)C(C)(C)C. The third kappa shape index (κ3) is 4.55. The van der Waals surface area contributed by atoms with Crippen LogP contribution in [0.15, 0.2) is 0 Å². The molecule has 1 saturated heterocycles. The molecule has 108 valence electrons. The summed E-state index contributed by atoms with van der Waals surface area (Å²) in [6.07, 6.45) is 2.73. The zero-order valence-electron chi connectivity index (χ0n) is 13.6. The average Bonchev–Trinajstić information content (AvgIpc) is 2.23. The van der Waals surface area contributed by atoms with Crippen LogP contribution >= 0.6 is 0 Å². The van der Waals surface area contributed by atoms with Gasteiger partial charge in [0.1, 0.15) is 0 Å². The minimum absolute atomic E-state index is 0.343. The van der Waals surface area contributed by atoms with Gasteiger partial charge in [-0.05, 0) is 49.7 Å². The summed E-state index contributed by atoms with van der Waals surface area (Å²) in [5.41, 5.74) is 0.828. The number of rotatable bonds is 3. The van der Waals surface area contributed by atoms with Crippen LogP contribution in [-0.2, 0) is 0 Å². The fraction of sp³-hybridized carbons (Fsp3) is 1.00. The maximum Gasteiger partial charge on any atom is 0.0240 e. The smallest absolute Gasteiger partial charge is 0.0240 e. The van der Waals surface area contributed by atoms with Crippen molar-refractivity contribution in [2.45, 2.75) is 60.4 Å². The number of hydrogen-bond donors (Lipinski definition) is 1. The number of piperidine rings is 1. The summed E-state index contributed by atoms with van der Waals surface area (Å²) >= 11 is 0. The summed E-state index contributed by atoms with van der Waals surface area (Å²) in [5, 5.41) is 3.49. The quantitative estimate of drug-likeness (QED) is 0.830. The topological polar surface area (TPSA) is 15.3 Å². The minimum Gasteiger partial charge on any atom is -0.315 e. The summed E-state index contributed by atoms with van der Waals surface area (Å²) in [5.74, 6) is 0.899. The van der Waals surface area contributed by atoms with Crippen LogP contribution in [0.1, 0.15) is 54.4 Å². The van der Waals surface area contributed by atoms with E-state index in [-0.39, 0.29) is 0 Å². The molecular formula is C16H34N2. The van der Waals surface area contributed by atoms with Gasteiger partial charge in [0.05, 0.1) is 0 Å². The number of likely N-dealkylation sites (tertiary alicyclic amines) is 1. The van der Waals surface area contributed by atoms with Gasteiger partial charge >= 0.3 is 0 Å². The van der Waals surface area contributed by atoms with Crippen molar-refractivity contribution in [3.05, 3.63) is 0 Å². The van der Waals surface area contributed by atoms with Crippen molar-refractivity contribution in [2.24, 2.45) is 16.7 Å². The first kappa shape index (κ1) is 16.0. The molecule has 18 heavy (non-hydrogen) atoms. The van der Waals surface area contributed by atoms with Crippen molar-refractivity contribution in [2.75, 3.05) is 26.7 Å². The van der Waals surface area contributed by atoms with E-state index in [0.717, 1.165) is 5.92 Å². The molecular weight excluding hydrogens is 220 g/mol. The number of nitrogens with zero attached hydrogens (tertiary/aromatic N) is 1. The van der Waals surface area contributed by atoms with Gasteiger partial charge in [0.25, 0.3) is 0 Å². The minimum atomic E-state index is 0.343. The van der Waals surface area contributed by atoms with E-state index in [2.05, 4.69) is 58.8 Å². The van der Waals surface area contributed by atoms with E-state index in [0.29, 0.717) is 16.9 Å². The number of hydrogen-bond acceptors (Lipinski definition) is 2. The van der Waals surface area contributed by atoms with Gasteiger partial charge in [-0.15, -0.1) is 0 Å². The van der Waals surface area contributed by atoms with E-state index in [9.17, 15) is 0 Å². The molecule has 1 aliphatic rings. The molecule has 2 nitrogen and oxygen atoms in total. The van der Waals surface area contributed by atoms with Crippen LogP contribution in [0.4, 0.5) is 0 Å². The van der Waals surface area contributed by atoms with Gasteiger partial charge in [-0.3, -0.25) is 0 Å². The first-order chi connectivity index (χ1) is 8.14. The second kappa shape index (κ2) is 5.92. The second-order valence-electron chi connectivity index (χ2n) is 8.15. The maximum absolute atomic E-state index is 3.49. The molecule has 1 atom stereocenters. The maximum atomic E-state index is 3.49. The third-order valence-electron chi connectivity index (χ3n) is 4.65.